The Hall–Kier alpha value is -1.39. The zero-order valence-electron chi connectivity index (χ0n) is 13.5. The van der Waals surface area contributed by atoms with Crippen LogP contribution in [0.1, 0.15) is 25.3 Å². The van der Waals surface area contributed by atoms with Crippen molar-refractivity contribution in [2.75, 3.05) is 32.7 Å². The van der Waals surface area contributed by atoms with Crippen molar-refractivity contribution in [3.63, 3.8) is 0 Å². The number of hydrogen-bond acceptors (Lipinski definition) is 3. The maximum atomic E-state index is 12.7. The summed E-state index contributed by atoms with van der Waals surface area (Å²) < 4.78 is 0. The maximum absolute atomic E-state index is 12.7. The van der Waals surface area contributed by atoms with Crippen molar-refractivity contribution in [3.05, 3.63) is 35.9 Å². The van der Waals surface area contributed by atoms with E-state index in [2.05, 4.69) is 52.4 Å². The molecule has 0 bridgehead atoms. The van der Waals surface area contributed by atoms with E-state index < -0.39 is 0 Å². The number of carbonyl (C=O) groups excluding carboxylic acids is 1. The topological polar surface area (TPSA) is 35.6 Å². The lowest BCUT2D eigenvalue weighted by Gasteiger charge is -2.41. The third kappa shape index (κ3) is 3.68. The summed E-state index contributed by atoms with van der Waals surface area (Å²) in [5.41, 5.74) is 1.35. The standard InChI is InChI=1S/C18H27N3O/c1-15-13-20(14-16-6-3-2-4-7-16)10-11-21(15)18(22)17-8-5-9-19-12-17/h2-4,6-7,15,17,19H,5,8-14H2,1H3. The largest absolute Gasteiger partial charge is 0.337 e. The summed E-state index contributed by atoms with van der Waals surface area (Å²) in [5.74, 6) is 0.552. The molecule has 1 aromatic carbocycles. The van der Waals surface area contributed by atoms with Crippen LogP contribution in [0.2, 0.25) is 0 Å². The molecule has 2 heterocycles. The Balaban J connectivity index is 1.54. The van der Waals surface area contributed by atoms with Gasteiger partial charge in [-0.15, -0.1) is 0 Å². The molecule has 3 rings (SSSR count). The van der Waals surface area contributed by atoms with E-state index in [-0.39, 0.29) is 5.92 Å². The van der Waals surface area contributed by atoms with E-state index in [1.807, 2.05) is 0 Å². The van der Waals surface area contributed by atoms with Crippen LogP contribution in [0.15, 0.2) is 30.3 Å². The highest BCUT2D eigenvalue weighted by Gasteiger charge is 2.32. The first kappa shape index (κ1) is 15.5. The number of benzene rings is 1. The van der Waals surface area contributed by atoms with Crippen LogP contribution >= 0.6 is 0 Å². The van der Waals surface area contributed by atoms with Crippen molar-refractivity contribution in [3.8, 4) is 0 Å². The number of piperidine rings is 1. The van der Waals surface area contributed by atoms with Crippen molar-refractivity contribution in [2.45, 2.75) is 32.4 Å². The van der Waals surface area contributed by atoms with E-state index >= 15 is 0 Å². The normalized spacial score (nSPS) is 26.9. The highest BCUT2D eigenvalue weighted by molar-refractivity contribution is 5.79. The fourth-order valence-electron chi connectivity index (χ4n) is 3.64. The lowest BCUT2D eigenvalue weighted by Crippen LogP contribution is -2.56. The molecule has 0 aromatic heterocycles. The van der Waals surface area contributed by atoms with Crippen molar-refractivity contribution in [2.24, 2.45) is 5.92 Å². The quantitative estimate of drug-likeness (QED) is 0.923. The Labute approximate surface area is 133 Å². The van der Waals surface area contributed by atoms with Crippen LogP contribution in [-0.2, 0) is 11.3 Å². The van der Waals surface area contributed by atoms with Crippen molar-refractivity contribution in [1.82, 2.24) is 15.1 Å². The molecule has 1 aromatic rings. The molecule has 0 spiro atoms. The van der Waals surface area contributed by atoms with Gasteiger partial charge in [0, 0.05) is 38.8 Å². The minimum Gasteiger partial charge on any atom is -0.337 e. The zero-order valence-corrected chi connectivity index (χ0v) is 13.5. The fraction of sp³-hybridized carbons (Fsp3) is 0.611. The van der Waals surface area contributed by atoms with Gasteiger partial charge in [0.15, 0.2) is 0 Å². The average Bonchev–Trinajstić information content (AvgIpc) is 2.56. The zero-order chi connectivity index (χ0) is 15.4. The number of amides is 1. The Morgan fingerprint density at radius 1 is 1.27 bits per heavy atom. The van der Waals surface area contributed by atoms with Gasteiger partial charge in [0.1, 0.15) is 0 Å². The molecule has 0 radical (unpaired) electrons. The predicted molar refractivity (Wildman–Crippen MR) is 88.5 cm³/mol. The molecule has 22 heavy (non-hydrogen) atoms. The van der Waals surface area contributed by atoms with Gasteiger partial charge >= 0.3 is 0 Å². The molecule has 1 amide bonds. The summed E-state index contributed by atoms with van der Waals surface area (Å²) in [6.45, 7) is 7.90. The number of nitrogens with one attached hydrogen (secondary N) is 1. The van der Waals surface area contributed by atoms with E-state index in [1.165, 1.54) is 5.56 Å². The van der Waals surface area contributed by atoms with Gasteiger partial charge in [-0.1, -0.05) is 30.3 Å². The summed E-state index contributed by atoms with van der Waals surface area (Å²) in [7, 11) is 0. The molecule has 2 saturated heterocycles. The monoisotopic (exact) mass is 301 g/mol. The first-order valence-electron chi connectivity index (χ1n) is 8.51. The Morgan fingerprint density at radius 2 is 2.09 bits per heavy atom. The van der Waals surface area contributed by atoms with Gasteiger partial charge in [0.2, 0.25) is 5.91 Å². The highest BCUT2D eigenvalue weighted by Crippen LogP contribution is 2.19. The van der Waals surface area contributed by atoms with Gasteiger partial charge in [-0.2, -0.15) is 0 Å². The first-order valence-corrected chi connectivity index (χ1v) is 8.51. The summed E-state index contributed by atoms with van der Waals surface area (Å²) in [6, 6.07) is 10.9. The number of rotatable bonds is 3. The van der Waals surface area contributed by atoms with Crippen LogP contribution in [0.4, 0.5) is 0 Å². The minimum absolute atomic E-state index is 0.192. The maximum Gasteiger partial charge on any atom is 0.227 e. The highest BCUT2D eigenvalue weighted by atomic mass is 16.2. The predicted octanol–water partition coefficient (Wildman–Crippen LogP) is 1.72. The summed E-state index contributed by atoms with van der Waals surface area (Å²) in [5, 5.41) is 3.35. The van der Waals surface area contributed by atoms with Crippen LogP contribution in [0.25, 0.3) is 0 Å². The second-order valence-corrected chi connectivity index (χ2v) is 6.64. The first-order chi connectivity index (χ1) is 10.7. The third-order valence-electron chi connectivity index (χ3n) is 4.89. The van der Waals surface area contributed by atoms with Crippen LogP contribution in [0, 0.1) is 5.92 Å². The van der Waals surface area contributed by atoms with Crippen molar-refractivity contribution in [1.29, 1.82) is 0 Å². The van der Waals surface area contributed by atoms with Crippen LogP contribution in [0.5, 0.6) is 0 Å². The van der Waals surface area contributed by atoms with Gasteiger partial charge in [0.05, 0.1) is 5.92 Å². The molecular weight excluding hydrogens is 274 g/mol. The van der Waals surface area contributed by atoms with Gasteiger partial charge in [-0.25, -0.2) is 0 Å². The molecule has 4 nitrogen and oxygen atoms in total. The number of hydrogen-bond donors (Lipinski definition) is 1. The second kappa shape index (κ2) is 7.25. The van der Waals surface area contributed by atoms with Crippen molar-refractivity contribution >= 4 is 5.91 Å². The fourth-order valence-corrected chi connectivity index (χ4v) is 3.64. The summed E-state index contributed by atoms with van der Waals surface area (Å²) in [4.78, 5) is 17.3. The smallest absolute Gasteiger partial charge is 0.227 e. The summed E-state index contributed by atoms with van der Waals surface area (Å²) >= 11 is 0. The Morgan fingerprint density at radius 3 is 2.77 bits per heavy atom. The third-order valence-corrected chi connectivity index (χ3v) is 4.89. The van der Waals surface area contributed by atoms with E-state index in [1.54, 1.807) is 0 Å². The van der Waals surface area contributed by atoms with Gasteiger partial charge in [-0.05, 0) is 31.9 Å². The Kier molecular flexibility index (Phi) is 5.11. The summed E-state index contributed by atoms with van der Waals surface area (Å²) in [6.07, 6.45) is 2.17. The molecule has 2 aliphatic rings. The molecule has 0 saturated carbocycles. The van der Waals surface area contributed by atoms with Gasteiger partial charge in [-0.3, -0.25) is 9.69 Å². The van der Waals surface area contributed by atoms with Gasteiger partial charge in [0.25, 0.3) is 0 Å². The van der Waals surface area contributed by atoms with Gasteiger partial charge < -0.3 is 10.2 Å². The van der Waals surface area contributed by atoms with E-state index in [4.69, 9.17) is 0 Å². The molecule has 0 aliphatic carbocycles. The molecule has 2 fully saturated rings. The van der Waals surface area contributed by atoms with E-state index in [0.717, 1.165) is 52.1 Å². The van der Waals surface area contributed by atoms with Crippen LogP contribution < -0.4 is 5.32 Å². The minimum atomic E-state index is 0.192. The lowest BCUT2D eigenvalue weighted by molar-refractivity contribution is -0.140. The molecule has 2 unspecified atom stereocenters. The number of carbonyl (C=O) groups is 1. The van der Waals surface area contributed by atoms with E-state index in [0.29, 0.717) is 11.9 Å². The van der Waals surface area contributed by atoms with E-state index in [9.17, 15) is 4.79 Å². The number of piperazine rings is 1. The molecule has 2 atom stereocenters. The molecule has 2 aliphatic heterocycles. The average molecular weight is 301 g/mol. The number of nitrogens with zero attached hydrogens (tertiary/aromatic N) is 2. The van der Waals surface area contributed by atoms with Crippen LogP contribution in [0.3, 0.4) is 0 Å². The molecule has 120 valence electrons. The van der Waals surface area contributed by atoms with Crippen LogP contribution in [-0.4, -0.2) is 54.5 Å². The lowest BCUT2D eigenvalue weighted by atomic mass is 9.97. The molecule has 4 heteroatoms. The molecular formula is C18H27N3O. The SMILES string of the molecule is CC1CN(Cc2ccccc2)CCN1C(=O)C1CCCNC1. The molecule has 1 N–H and O–H groups in total. The van der Waals surface area contributed by atoms with Crippen molar-refractivity contribution < 1.29 is 4.79 Å². The second-order valence-electron chi connectivity index (χ2n) is 6.64. The Bertz CT molecular complexity index is 484.